The van der Waals surface area contributed by atoms with Gasteiger partial charge in [-0.2, -0.15) is 0 Å². The maximum Gasteiger partial charge on any atom is 0.168 e. The molecule has 0 saturated carbocycles. The number of nitrogens with one attached hydrogen (secondary N) is 1. The van der Waals surface area contributed by atoms with Crippen molar-refractivity contribution in [2.24, 2.45) is 0 Å². The van der Waals surface area contributed by atoms with E-state index >= 15 is 0 Å². The largest absolute Gasteiger partial charge is 0.504 e. The lowest BCUT2D eigenvalue weighted by Gasteiger charge is -2.26. The van der Waals surface area contributed by atoms with Crippen molar-refractivity contribution in [3.63, 3.8) is 0 Å². The number of aromatic nitrogens is 3. The molecule has 1 aliphatic heterocycles. The predicted octanol–water partition coefficient (Wildman–Crippen LogP) is 5.25. The van der Waals surface area contributed by atoms with Crippen molar-refractivity contribution in [1.82, 2.24) is 19.9 Å². The molecule has 1 saturated heterocycles. The third kappa shape index (κ3) is 3.39. The minimum atomic E-state index is -0.155. The average molecular weight is 437 g/mol. The van der Waals surface area contributed by atoms with Gasteiger partial charge < -0.3 is 20.1 Å². The van der Waals surface area contributed by atoms with Crippen LogP contribution in [0.5, 0.6) is 11.5 Å². The average Bonchev–Trinajstić information content (AvgIpc) is 3.24. The number of phenolic OH excluding ortho intramolecular Hbond substituents is 2. The van der Waals surface area contributed by atoms with Crippen molar-refractivity contribution in [2.45, 2.75) is 18.9 Å². The number of nitrogens with zero attached hydrogens (tertiary/aromatic N) is 3. The molecule has 6 nitrogen and oxygen atoms in total. The molecule has 0 amide bonds. The lowest BCUT2D eigenvalue weighted by Crippen LogP contribution is -2.29. The molecule has 0 radical (unpaired) electrons. The van der Waals surface area contributed by atoms with Gasteiger partial charge in [0.15, 0.2) is 17.1 Å². The van der Waals surface area contributed by atoms with Crippen LogP contribution < -0.4 is 5.32 Å². The number of aromatic hydroxyl groups is 2. The summed E-state index contributed by atoms with van der Waals surface area (Å²) < 4.78 is 2.13. The summed E-state index contributed by atoms with van der Waals surface area (Å²) in [5, 5.41) is 26.5. The molecule has 33 heavy (non-hydrogen) atoms. The maximum atomic E-state index is 10.6. The molecule has 2 aromatic heterocycles. The molecule has 0 aliphatic carbocycles. The van der Waals surface area contributed by atoms with Crippen LogP contribution in [-0.4, -0.2) is 37.8 Å². The highest BCUT2D eigenvalue weighted by Crippen LogP contribution is 2.39. The molecule has 0 spiro atoms. The molecular formula is C27H24N4O2. The summed E-state index contributed by atoms with van der Waals surface area (Å²) in [6.45, 7) is 1.84. The third-order valence-electron chi connectivity index (χ3n) is 6.54. The van der Waals surface area contributed by atoms with E-state index in [0.29, 0.717) is 11.4 Å². The van der Waals surface area contributed by atoms with E-state index in [0.717, 1.165) is 48.2 Å². The van der Waals surface area contributed by atoms with Gasteiger partial charge in [0, 0.05) is 17.8 Å². The Morgan fingerprint density at radius 1 is 0.848 bits per heavy atom. The molecule has 1 aliphatic rings. The molecule has 5 aromatic rings. The van der Waals surface area contributed by atoms with E-state index in [1.807, 2.05) is 18.3 Å². The number of fused-ring (bicyclic) bond motifs is 2. The fraction of sp³-hybridized carbons (Fsp3) is 0.185. The Morgan fingerprint density at radius 3 is 2.52 bits per heavy atom. The monoisotopic (exact) mass is 436 g/mol. The molecule has 0 unspecified atom stereocenters. The molecule has 0 atom stereocenters. The lowest BCUT2D eigenvalue weighted by molar-refractivity contribution is 0.374. The predicted molar refractivity (Wildman–Crippen MR) is 130 cm³/mol. The Kier molecular flexibility index (Phi) is 4.73. The van der Waals surface area contributed by atoms with Crippen LogP contribution in [0.4, 0.5) is 0 Å². The molecule has 3 heterocycles. The van der Waals surface area contributed by atoms with Gasteiger partial charge in [0.05, 0.1) is 5.56 Å². The van der Waals surface area contributed by atoms with Crippen molar-refractivity contribution in [3.05, 3.63) is 72.9 Å². The Balaban J connectivity index is 1.53. The van der Waals surface area contributed by atoms with E-state index in [9.17, 15) is 10.2 Å². The van der Waals surface area contributed by atoms with Crippen molar-refractivity contribution in [3.8, 4) is 34.0 Å². The van der Waals surface area contributed by atoms with E-state index in [2.05, 4.69) is 46.3 Å². The van der Waals surface area contributed by atoms with Crippen molar-refractivity contribution >= 4 is 21.9 Å². The maximum absolute atomic E-state index is 10.6. The Morgan fingerprint density at radius 2 is 1.67 bits per heavy atom. The topological polar surface area (TPSA) is 83.2 Å². The summed E-state index contributed by atoms with van der Waals surface area (Å²) in [4.78, 5) is 9.76. The summed E-state index contributed by atoms with van der Waals surface area (Å²) in [5.41, 5.74) is 4.16. The second-order valence-corrected chi connectivity index (χ2v) is 8.59. The number of rotatable bonds is 3. The molecule has 0 bridgehead atoms. The number of hydrogen-bond donors (Lipinski definition) is 3. The second kappa shape index (κ2) is 7.90. The number of phenols is 2. The summed E-state index contributed by atoms with van der Waals surface area (Å²) in [7, 11) is 0. The van der Waals surface area contributed by atoms with Gasteiger partial charge >= 0.3 is 0 Å². The molecule has 1 fully saturated rings. The molecular weight excluding hydrogens is 412 g/mol. The number of pyridine rings is 1. The first kappa shape index (κ1) is 19.8. The van der Waals surface area contributed by atoms with Crippen LogP contribution in [0.25, 0.3) is 44.5 Å². The summed E-state index contributed by atoms with van der Waals surface area (Å²) in [6.07, 6.45) is 3.80. The van der Waals surface area contributed by atoms with E-state index in [-0.39, 0.29) is 17.5 Å². The fourth-order valence-corrected chi connectivity index (χ4v) is 4.82. The van der Waals surface area contributed by atoms with E-state index < -0.39 is 0 Å². The van der Waals surface area contributed by atoms with Gasteiger partial charge in [-0.1, -0.05) is 42.5 Å². The number of imidazole rings is 1. The highest BCUT2D eigenvalue weighted by atomic mass is 16.3. The normalized spacial score (nSPS) is 14.8. The summed E-state index contributed by atoms with van der Waals surface area (Å²) >= 11 is 0. The smallest absolute Gasteiger partial charge is 0.168 e. The minimum Gasteiger partial charge on any atom is -0.504 e. The first-order valence-electron chi connectivity index (χ1n) is 11.3. The van der Waals surface area contributed by atoms with E-state index in [1.54, 1.807) is 12.1 Å². The molecule has 6 rings (SSSR count). The first-order valence-corrected chi connectivity index (χ1v) is 11.3. The van der Waals surface area contributed by atoms with E-state index in [1.165, 1.54) is 16.8 Å². The van der Waals surface area contributed by atoms with E-state index in [4.69, 9.17) is 9.97 Å². The first-order chi connectivity index (χ1) is 16.2. The highest BCUT2D eigenvalue weighted by Gasteiger charge is 2.25. The summed E-state index contributed by atoms with van der Waals surface area (Å²) in [6, 6.07) is 22.0. The molecule has 3 N–H and O–H groups in total. The van der Waals surface area contributed by atoms with Crippen LogP contribution in [0.2, 0.25) is 0 Å². The number of piperidine rings is 1. The van der Waals surface area contributed by atoms with Crippen molar-refractivity contribution in [1.29, 1.82) is 0 Å². The van der Waals surface area contributed by atoms with Crippen molar-refractivity contribution in [2.75, 3.05) is 13.1 Å². The minimum absolute atomic E-state index is 0.152. The molecule has 164 valence electrons. The van der Waals surface area contributed by atoms with Gasteiger partial charge in [0.2, 0.25) is 0 Å². The van der Waals surface area contributed by atoms with Gasteiger partial charge in [-0.3, -0.25) is 0 Å². The Bertz CT molecular complexity index is 1480. The quantitative estimate of drug-likeness (QED) is 0.336. The van der Waals surface area contributed by atoms with Gasteiger partial charge in [-0.15, -0.1) is 0 Å². The van der Waals surface area contributed by atoms with Gasteiger partial charge in [-0.05, 0) is 66.5 Å². The van der Waals surface area contributed by atoms with Gasteiger partial charge in [0.1, 0.15) is 11.3 Å². The molecule has 3 aromatic carbocycles. The van der Waals surface area contributed by atoms with Crippen LogP contribution >= 0.6 is 0 Å². The number of para-hydroxylation sites is 1. The second-order valence-electron chi connectivity index (χ2n) is 8.59. The van der Waals surface area contributed by atoms with Gasteiger partial charge in [-0.25, -0.2) is 9.97 Å². The zero-order valence-corrected chi connectivity index (χ0v) is 18.1. The van der Waals surface area contributed by atoms with Crippen LogP contribution in [0, 0.1) is 0 Å². The Labute approximate surface area is 191 Å². The SMILES string of the molecule is Oc1cccc(-c2nc3cc(-c4ccc5ccccc5c4)cnc3n2C2CCNCC2)c1O. The number of benzene rings is 3. The van der Waals surface area contributed by atoms with Crippen LogP contribution in [0.15, 0.2) is 72.9 Å². The van der Waals surface area contributed by atoms with Crippen molar-refractivity contribution < 1.29 is 10.2 Å². The lowest BCUT2D eigenvalue weighted by atomic mass is 10.0. The standard InChI is InChI=1S/C27H24N4O2/c32-24-7-3-6-22(25(24)33)26-30-23-15-20(19-9-8-17-4-1-2-5-18(17)14-19)16-29-27(23)31(26)21-10-12-28-13-11-21/h1-9,14-16,21,28,32-33H,10-13H2. The highest BCUT2D eigenvalue weighted by molar-refractivity contribution is 5.89. The zero-order chi connectivity index (χ0) is 22.4. The summed E-state index contributed by atoms with van der Waals surface area (Å²) in [5.74, 6) is 0.326. The van der Waals surface area contributed by atoms with Crippen LogP contribution in [0.1, 0.15) is 18.9 Å². The number of hydrogen-bond acceptors (Lipinski definition) is 5. The Hall–Kier alpha value is -3.90. The fourth-order valence-electron chi connectivity index (χ4n) is 4.82. The van der Waals surface area contributed by atoms with Crippen LogP contribution in [0.3, 0.4) is 0 Å². The molecule has 6 heteroatoms. The zero-order valence-electron chi connectivity index (χ0n) is 18.1. The third-order valence-corrected chi connectivity index (χ3v) is 6.54. The van der Waals surface area contributed by atoms with Crippen LogP contribution in [-0.2, 0) is 0 Å². The van der Waals surface area contributed by atoms with Gasteiger partial charge in [0.25, 0.3) is 0 Å².